The van der Waals surface area contributed by atoms with E-state index in [1.807, 2.05) is 0 Å². The zero-order chi connectivity index (χ0) is 10.9. The molecule has 2 rings (SSSR count). The van der Waals surface area contributed by atoms with Crippen molar-refractivity contribution in [2.45, 2.75) is 45.4 Å². The Hall–Kier alpha value is -1.04. The largest absolute Gasteiger partial charge is 0.354 e. The maximum absolute atomic E-state index is 11.8. The number of carbonyl (C=O) groups excluding carboxylic acids is 1. The van der Waals surface area contributed by atoms with Crippen LogP contribution in [0.4, 0.5) is 0 Å². The molecule has 3 heteroatoms. The van der Waals surface area contributed by atoms with Crippen molar-refractivity contribution < 1.29 is 4.79 Å². The minimum Gasteiger partial charge on any atom is -0.354 e. The Labute approximate surface area is 90.8 Å². The average Bonchev–Trinajstić information content (AvgIpc) is 2.95. The molecule has 1 amide bonds. The van der Waals surface area contributed by atoms with E-state index in [0.717, 1.165) is 32.2 Å². The average molecular weight is 206 g/mol. The number of nitrogens with zero attached hydrogens (tertiary/aromatic N) is 1. The second-order valence-electron chi connectivity index (χ2n) is 5.08. The third-order valence-electron chi connectivity index (χ3n) is 4.19. The van der Waals surface area contributed by atoms with Crippen LogP contribution in [0.15, 0.2) is 0 Å². The van der Waals surface area contributed by atoms with Gasteiger partial charge < -0.3 is 5.32 Å². The fourth-order valence-electron chi connectivity index (χ4n) is 2.19. The maximum Gasteiger partial charge on any atom is 0.240 e. The van der Waals surface area contributed by atoms with Crippen molar-refractivity contribution in [1.82, 2.24) is 5.32 Å². The highest BCUT2D eigenvalue weighted by atomic mass is 16.2. The summed E-state index contributed by atoms with van der Waals surface area (Å²) in [5, 5.41) is 12.0. The molecule has 82 valence electrons. The highest BCUT2D eigenvalue weighted by molar-refractivity contribution is 5.86. The van der Waals surface area contributed by atoms with E-state index in [-0.39, 0.29) is 5.91 Å². The summed E-state index contributed by atoms with van der Waals surface area (Å²) < 4.78 is 0. The third-order valence-corrected chi connectivity index (χ3v) is 4.19. The molecular weight excluding hydrogens is 188 g/mol. The fourth-order valence-corrected chi connectivity index (χ4v) is 2.19. The molecule has 2 fully saturated rings. The van der Waals surface area contributed by atoms with Crippen LogP contribution in [-0.2, 0) is 4.79 Å². The zero-order valence-electron chi connectivity index (χ0n) is 9.31. The zero-order valence-corrected chi connectivity index (χ0v) is 9.31. The lowest BCUT2D eigenvalue weighted by Gasteiger charge is -2.33. The van der Waals surface area contributed by atoms with Gasteiger partial charge in [0.15, 0.2) is 0 Å². The summed E-state index contributed by atoms with van der Waals surface area (Å²) >= 11 is 0. The molecule has 0 radical (unpaired) electrons. The molecule has 2 aliphatic rings. The first kappa shape index (κ1) is 10.5. The van der Waals surface area contributed by atoms with E-state index in [2.05, 4.69) is 18.3 Å². The number of carbonyl (C=O) groups is 1. The molecule has 0 heterocycles. The molecule has 15 heavy (non-hydrogen) atoms. The molecule has 2 saturated carbocycles. The Morgan fingerprint density at radius 3 is 2.40 bits per heavy atom. The van der Waals surface area contributed by atoms with E-state index in [4.69, 9.17) is 5.26 Å². The van der Waals surface area contributed by atoms with Gasteiger partial charge in [0, 0.05) is 6.54 Å². The van der Waals surface area contributed by atoms with Gasteiger partial charge in [0.2, 0.25) is 5.91 Å². The second kappa shape index (κ2) is 3.52. The van der Waals surface area contributed by atoms with Gasteiger partial charge in [-0.15, -0.1) is 0 Å². The Kier molecular flexibility index (Phi) is 2.46. The van der Waals surface area contributed by atoms with E-state index in [9.17, 15) is 4.79 Å². The summed E-state index contributed by atoms with van der Waals surface area (Å²) in [5.41, 5.74) is -0.306. The molecule has 0 unspecified atom stereocenters. The number of hydrogen-bond acceptors (Lipinski definition) is 2. The van der Waals surface area contributed by atoms with Crippen LogP contribution in [0.5, 0.6) is 0 Å². The SMILES string of the molecule is CCC1(CNC(=O)C2(C#N)CCC2)CC1. The molecule has 1 N–H and O–H groups in total. The fraction of sp³-hybridized carbons (Fsp3) is 0.833. The molecule has 2 aliphatic carbocycles. The van der Waals surface area contributed by atoms with Crippen LogP contribution < -0.4 is 5.32 Å². The highest BCUT2D eigenvalue weighted by Gasteiger charge is 2.46. The summed E-state index contributed by atoms with van der Waals surface area (Å²) in [6.45, 7) is 2.94. The maximum atomic E-state index is 11.8. The standard InChI is InChI=1S/C12H18N2O/c1-2-11(6-7-11)9-14-10(15)12(8-13)4-3-5-12/h2-7,9H2,1H3,(H,14,15). The summed E-state index contributed by atoms with van der Waals surface area (Å²) in [7, 11) is 0. The van der Waals surface area contributed by atoms with Gasteiger partial charge >= 0.3 is 0 Å². The topological polar surface area (TPSA) is 52.9 Å². The predicted molar refractivity (Wildman–Crippen MR) is 56.9 cm³/mol. The Balaban J connectivity index is 1.85. The summed E-state index contributed by atoms with van der Waals surface area (Å²) in [6, 6.07) is 2.18. The van der Waals surface area contributed by atoms with Crippen molar-refractivity contribution in [3.63, 3.8) is 0 Å². The summed E-state index contributed by atoms with van der Waals surface area (Å²) in [4.78, 5) is 11.8. The monoisotopic (exact) mass is 206 g/mol. The Morgan fingerprint density at radius 1 is 1.40 bits per heavy atom. The molecule has 0 spiro atoms. The van der Waals surface area contributed by atoms with Crippen LogP contribution in [0.25, 0.3) is 0 Å². The molecule has 0 atom stereocenters. The molecule has 0 aromatic carbocycles. The molecular formula is C12H18N2O. The minimum atomic E-state index is -0.677. The van der Waals surface area contributed by atoms with Gasteiger partial charge in [-0.05, 0) is 43.9 Å². The Morgan fingerprint density at radius 2 is 2.07 bits per heavy atom. The van der Waals surface area contributed by atoms with Crippen molar-refractivity contribution in [3.8, 4) is 6.07 Å². The van der Waals surface area contributed by atoms with Gasteiger partial charge in [-0.3, -0.25) is 4.79 Å². The lowest BCUT2D eigenvalue weighted by molar-refractivity contribution is -0.132. The van der Waals surface area contributed by atoms with Gasteiger partial charge in [0.25, 0.3) is 0 Å². The van der Waals surface area contributed by atoms with E-state index < -0.39 is 5.41 Å². The van der Waals surface area contributed by atoms with Crippen LogP contribution in [0.2, 0.25) is 0 Å². The van der Waals surface area contributed by atoms with E-state index in [1.54, 1.807) is 0 Å². The molecule has 0 aromatic rings. The normalized spacial score (nSPS) is 24.8. The van der Waals surface area contributed by atoms with E-state index in [1.165, 1.54) is 12.8 Å². The first-order valence-corrected chi connectivity index (χ1v) is 5.86. The molecule has 0 bridgehead atoms. The van der Waals surface area contributed by atoms with Crippen molar-refractivity contribution >= 4 is 5.91 Å². The van der Waals surface area contributed by atoms with Crippen molar-refractivity contribution in [1.29, 1.82) is 5.26 Å². The van der Waals surface area contributed by atoms with Gasteiger partial charge in [-0.2, -0.15) is 5.26 Å². The predicted octanol–water partition coefficient (Wildman–Crippen LogP) is 1.99. The highest BCUT2D eigenvalue weighted by Crippen LogP contribution is 2.48. The van der Waals surface area contributed by atoms with Gasteiger partial charge in [0.1, 0.15) is 5.41 Å². The van der Waals surface area contributed by atoms with Crippen LogP contribution in [0.3, 0.4) is 0 Å². The first-order valence-electron chi connectivity index (χ1n) is 5.86. The number of nitrogens with one attached hydrogen (secondary N) is 1. The van der Waals surface area contributed by atoms with Crippen molar-refractivity contribution in [2.24, 2.45) is 10.8 Å². The number of nitriles is 1. The van der Waals surface area contributed by atoms with Crippen LogP contribution in [0, 0.1) is 22.2 Å². The van der Waals surface area contributed by atoms with E-state index in [0.29, 0.717) is 5.41 Å². The molecule has 0 saturated heterocycles. The van der Waals surface area contributed by atoms with Crippen LogP contribution >= 0.6 is 0 Å². The van der Waals surface area contributed by atoms with Gasteiger partial charge in [-0.1, -0.05) is 6.92 Å². The number of amides is 1. The first-order chi connectivity index (χ1) is 7.16. The molecule has 0 aromatic heterocycles. The summed E-state index contributed by atoms with van der Waals surface area (Å²) in [5.74, 6) is -0.0315. The Bertz CT molecular complexity index is 308. The lowest BCUT2D eigenvalue weighted by atomic mass is 9.69. The lowest BCUT2D eigenvalue weighted by Crippen LogP contribution is -2.46. The van der Waals surface area contributed by atoms with Crippen LogP contribution in [0.1, 0.15) is 45.4 Å². The van der Waals surface area contributed by atoms with Crippen molar-refractivity contribution in [3.05, 3.63) is 0 Å². The molecule has 3 nitrogen and oxygen atoms in total. The summed E-state index contributed by atoms with van der Waals surface area (Å²) in [6.07, 6.45) is 6.09. The number of rotatable bonds is 4. The second-order valence-corrected chi connectivity index (χ2v) is 5.08. The van der Waals surface area contributed by atoms with Crippen molar-refractivity contribution in [2.75, 3.05) is 6.54 Å². The van der Waals surface area contributed by atoms with Crippen LogP contribution in [-0.4, -0.2) is 12.5 Å². The third kappa shape index (κ3) is 1.73. The number of hydrogen-bond donors (Lipinski definition) is 1. The minimum absolute atomic E-state index is 0.0315. The molecule has 0 aliphatic heterocycles. The van der Waals surface area contributed by atoms with Gasteiger partial charge in [0.05, 0.1) is 6.07 Å². The van der Waals surface area contributed by atoms with E-state index >= 15 is 0 Å². The smallest absolute Gasteiger partial charge is 0.240 e. The van der Waals surface area contributed by atoms with Gasteiger partial charge in [-0.25, -0.2) is 0 Å². The quantitative estimate of drug-likeness (QED) is 0.764.